The lowest BCUT2D eigenvalue weighted by atomic mass is 10.2. The molecule has 1 amide bonds. The molecule has 7 nitrogen and oxygen atoms in total. The van der Waals surface area contributed by atoms with Crippen molar-refractivity contribution in [2.24, 2.45) is 0 Å². The highest BCUT2D eigenvalue weighted by atomic mass is 32.1. The van der Waals surface area contributed by atoms with Crippen molar-refractivity contribution in [3.63, 3.8) is 0 Å². The van der Waals surface area contributed by atoms with Gasteiger partial charge in [-0.05, 0) is 17.0 Å². The largest absolute Gasteiger partial charge is 0.445 e. The number of thiophene rings is 1. The molecule has 3 rings (SSSR count). The lowest BCUT2D eigenvalue weighted by Crippen LogP contribution is -2.38. The standard InChI is InChI=1S/C16H15N3O4S/c20-14-13-12(6-9-24-13)18-15(21)19(14)8-7-17-16(22)23-10-11-4-2-1-3-5-11/h1-6,9H,7-8,10H2,(H,17,22)(H,18,21). The Morgan fingerprint density at radius 1 is 1.21 bits per heavy atom. The van der Waals surface area contributed by atoms with Crippen molar-refractivity contribution >= 4 is 27.6 Å². The van der Waals surface area contributed by atoms with Gasteiger partial charge in [0.1, 0.15) is 11.3 Å². The minimum atomic E-state index is -0.597. The Morgan fingerprint density at radius 3 is 2.79 bits per heavy atom. The number of fused-ring (bicyclic) bond motifs is 1. The maximum absolute atomic E-state index is 12.2. The Labute approximate surface area is 140 Å². The zero-order chi connectivity index (χ0) is 16.9. The Bertz CT molecular complexity index is 959. The van der Waals surface area contributed by atoms with Crippen molar-refractivity contribution in [1.29, 1.82) is 0 Å². The number of ether oxygens (including phenoxy) is 1. The number of benzene rings is 1. The molecule has 0 aliphatic heterocycles. The Kier molecular flexibility index (Phi) is 4.76. The third-order valence-electron chi connectivity index (χ3n) is 3.41. The number of aromatic nitrogens is 2. The molecule has 1 aromatic carbocycles. The number of hydrogen-bond acceptors (Lipinski definition) is 5. The first-order valence-electron chi connectivity index (χ1n) is 7.30. The summed E-state index contributed by atoms with van der Waals surface area (Å²) in [7, 11) is 0. The molecule has 0 saturated heterocycles. The Hall–Kier alpha value is -2.87. The minimum absolute atomic E-state index is 0.0719. The third kappa shape index (κ3) is 3.54. The van der Waals surface area contributed by atoms with E-state index in [1.54, 1.807) is 11.4 Å². The van der Waals surface area contributed by atoms with Crippen LogP contribution in [0.1, 0.15) is 5.56 Å². The van der Waals surface area contributed by atoms with Crippen LogP contribution in [0.25, 0.3) is 10.2 Å². The molecule has 0 bridgehead atoms. The minimum Gasteiger partial charge on any atom is -0.445 e. The zero-order valence-electron chi connectivity index (χ0n) is 12.7. The second kappa shape index (κ2) is 7.14. The fraction of sp³-hybridized carbons (Fsp3) is 0.188. The Balaban J connectivity index is 1.56. The first kappa shape index (κ1) is 16.0. The van der Waals surface area contributed by atoms with Gasteiger partial charge in [-0.2, -0.15) is 0 Å². The van der Waals surface area contributed by atoms with Crippen LogP contribution in [-0.2, 0) is 17.9 Å². The van der Waals surface area contributed by atoms with Crippen molar-refractivity contribution in [3.8, 4) is 0 Å². The SMILES string of the molecule is O=C(NCCn1c(=O)[nH]c2ccsc2c1=O)OCc1ccccc1. The average molecular weight is 345 g/mol. The van der Waals surface area contributed by atoms with Crippen LogP contribution < -0.4 is 16.6 Å². The summed E-state index contributed by atoms with van der Waals surface area (Å²) in [5.74, 6) is 0. The summed E-state index contributed by atoms with van der Waals surface area (Å²) in [6, 6.07) is 11.0. The van der Waals surface area contributed by atoms with Crippen LogP contribution in [0.2, 0.25) is 0 Å². The van der Waals surface area contributed by atoms with Crippen LogP contribution >= 0.6 is 11.3 Å². The van der Waals surface area contributed by atoms with Crippen LogP contribution in [0.5, 0.6) is 0 Å². The van der Waals surface area contributed by atoms with Gasteiger partial charge < -0.3 is 15.0 Å². The van der Waals surface area contributed by atoms with E-state index < -0.39 is 11.8 Å². The van der Waals surface area contributed by atoms with E-state index in [4.69, 9.17) is 4.74 Å². The van der Waals surface area contributed by atoms with Crippen LogP contribution in [0.4, 0.5) is 4.79 Å². The van der Waals surface area contributed by atoms with Gasteiger partial charge in [0.25, 0.3) is 5.56 Å². The van der Waals surface area contributed by atoms with Crippen LogP contribution in [0.3, 0.4) is 0 Å². The lowest BCUT2D eigenvalue weighted by Gasteiger charge is -2.08. The molecule has 0 atom stereocenters. The van der Waals surface area contributed by atoms with E-state index in [0.29, 0.717) is 10.2 Å². The fourth-order valence-electron chi connectivity index (χ4n) is 2.22. The van der Waals surface area contributed by atoms with Gasteiger partial charge >= 0.3 is 11.8 Å². The summed E-state index contributed by atoms with van der Waals surface area (Å²) in [5, 5.41) is 4.27. The van der Waals surface area contributed by atoms with Gasteiger partial charge in [-0.3, -0.25) is 9.36 Å². The first-order valence-corrected chi connectivity index (χ1v) is 8.18. The highest BCUT2D eigenvalue weighted by molar-refractivity contribution is 7.17. The highest BCUT2D eigenvalue weighted by Gasteiger charge is 2.09. The predicted molar refractivity (Wildman–Crippen MR) is 91.3 cm³/mol. The molecule has 0 unspecified atom stereocenters. The molecule has 0 spiro atoms. The molecule has 0 radical (unpaired) electrons. The van der Waals surface area contributed by atoms with Gasteiger partial charge in [-0.1, -0.05) is 30.3 Å². The van der Waals surface area contributed by atoms with Crippen LogP contribution in [0, 0.1) is 0 Å². The van der Waals surface area contributed by atoms with Crippen LogP contribution in [0.15, 0.2) is 51.4 Å². The number of aromatic amines is 1. The number of carbonyl (C=O) groups is 1. The van der Waals surface area contributed by atoms with Gasteiger partial charge in [0.2, 0.25) is 0 Å². The van der Waals surface area contributed by atoms with E-state index in [2.05, 4.69) is 10.3 Å². The molecular formula is C16H15N3O4S. The molecule has 0 saturated carbocycles. The second-order valence-corrected chi connectivity index (χ2v) is 5.95. The van der Waals surface area contributed by atoms with E-state index in [1.807, 2.05) is 30.3 Å². The fourth-order valence-corrected chi connectivity index (χ4v) is 3.02. The molecule has 8 heteroatoms. The molecule has 0 fully saturated rings. The molecule has 124 valence electrons. The smallest absolute Gasteiger partial charge is 0.407 e. The lowest BCUT2D eigenvalue weighted by molar-refractivity contribution is 0.139. The highest BCUT2D eigenvalue weighted by Crippen LogP contribution is 2.11. The van der Waals surface area contributed by atoms with Crippen LogP contribution in [-0.4, -0.2) is 22.2 Å². The first-order chi connectivity index (χ1) is 11.6. The predicted octanol–water partition coefficient (Wildman–Crippen LogP) is 1.68. The van der Waals surface area contributed by atoms with Gasteiger partial charge in [-0.25, -0.2) is 9.59 Å². The van der Waals surface area contributed by atoms with Crippen molar-refractivity contribution in [3.05, 3.63) is 68.2 Å². The number of hydrogen-bond donors (Lipinski definition) is 2. The maximum Gasteiger partial charge on any atom is 0.407 e. The van der Waals surface area contributed by atoms with E-state index in [0.717, 1.165) is 10.1 Å². The van der Waals surface area contributed by atoms with Crippen molar-refractivity contribution in [1.82, 2.24) is 14.9 Å². The number of nitrogens with one attached hydrogen (secondary N) is 2. The second-order valence-electron chi connectivity index (χ2n) is 5.04. The summed E-state index contributed by atoms with van der Waals surface area (Å²) < 4.78 is 6.62. The number of carbonyl (C=O) groups excluding carboxylic acids is 1. The summed E-state index contributed by atoms with van der Waals surface area (Å²) in [6.45, 7) is 0.351. The molecule has 0 aliphatic rings. The van der Waals surface area contributed by atoms with Gasteiger partial charge in [0.05, 0.1) is 5.52 Å². The molecule has 0 aliphatic carbocycles. The van der Waals surface area contributed by atoms with E-state index in [9.17, 15) is 14.4 Å². The van der Waals surface area contributed by atoms with Gasteiger partial charge in [0.15, 0.2) is 0 Å². The monoisotopic (exact) mass is 345 g/mol. The number of rotatable bonds is 5. The summed E-state index contributed by atoms with van der Waals surface area (Å²) in [5.41, 5.74) is 0.554. The molecule has 2 N–H and O–H groups in total. The number of alkyl carbamates (subject to hydrolysis) is 1. The summed E-state index contributed by atoms with van der Waals surface area (Å²) in [6.07, 6.45) is -0.597. The zero-order valence-corrected chi connectivity index (χ0v) is 13.5. The van der Waals surface area contributed by atoms with E-state index in [1.165, 1.54) is 11.3 Å². The Morgan fingerprint density at radius 2 is 2.00 bits per heavy atom. The van der Waals surface area contributed by atoms with Crippen molar-refractivity contribution in [2.45, 2.75) is 13.2 Å². The topological polar surface area (TPSA) is 93.2 Å². The molecule has 24 heavy (non-hydrogen) atoms. The summed E-state index contributed by atoms with van der Waals surface area (Å²) >= 11 is 1.27. The third-order valence-corrected chi connectivity index (χ3v) is 4.31. The quantitative estimate of drug-likeness (QED) is 0.736. The molecular weight excluding hydrogens is 330 g/mol. The number of H-pyrrole nitrogens is 1. The molecule has 2 heterocycles. The number of nitrogens with zero attached hydrogens (tertiary/aromatic N) is 1. The van der Waals surface area contributed by atoms with Crippen molar-refractivity contribution < 1.29 is 9.53 Å². The summed E-state index contributed by atoms with van der Waals surface area (Å²) in [4.78, 5) is 38.4. The van der Waals surface area contributed by atoms with Crippen molar-refractivity contribution in [2.75, 3.05) is 6.54 Å². The number of amides is 1. The van der Waals surface area contributed by atoms with Gasteiger partial charge in [-0.15, -0.1) is 11.3 Å². The average Bonchev–Trinajstić information content (AvgIpc) is 3.05. The normalized spacial score (nSPS) is 10.7. The maximum atomic E-state index is 12.2. The van der Waals surface area contributed by atoms with E-state index in [-0.39, 0.29) is 25.3 Å². The molecule has 3 aromatic rings. The molecule has 2 aromatic heterocycles. The van der Waals surface area contributed by atoms with E-state index >= 15 is 0 Å². The van der Waals surface area contributed by atoms with Gasteiger partial charge in [0, 0.05) is 13.1 Å².